The van der Waals surface area contributed by atoms with Crippen LogP contribution in [0, 0.1) is 5.92 Å². The molecule has 2 rings (SSSR count). The summed E-state index contributed by atoms with van der Waals surface area (Å²) in [5.41, 5.74) is 1.39. The first-order valence-corrected chi connectivity index (χ1v) is 8.26. The maximum atomic E-state index is 12.5. The lowest BCUT2D eigenvalue weighted by Gasteiger charge is -2.23. The van der Waals surface area contributed by atoms with Crippen LogP contribution in [0.4, 0.5) is 0 Å². The van der Waals surface area contributed by atoms with E-state index in [1.165, 1.54) is 0 Å². The van der Waals surface area contributed by atoms with Crippen LogP contribution in [0.2, 0.25) is 0 Å². The van der Waals surface area contributed by atoms with Crippen molar-refractivity contribution >= 4 is 5.91 Å². The number of rotatable bonds is 6. The van der Waals surface area contributed by atoms with Gasteiger partial charge in [-0.15, -0.1) is 0 Å². The number of amides is 1. The van der Waals surface area contributed by atoms with Gasteiger partial charge in [0.05, 0.1) is 5.54 Å². The molecule has 0 radical (unpaired) electrons. The average Bonchev–Trinajstić information content (AvgIpc) is 3.13. The first-order chi connectivity index (χ1) is 10.2. The van der Waals surface area contributed by atoms with Crippen molar-refractivity contribution in [2.75, 3.05) is 6.61 Å². The molecule has 1 amide bonds. The van der Waals surface area contributed by atoms with Crippen LogP contribution in [0.25, 0.3) is 0 Å². The van der Waals surface area contributed by atoms with Crippen LogP contribution < -0.4 is 5.32 Å². The normalized spacial score (nSPS) is 16.9. The lowest BCUT2D eigenvalue weighted by Crippen LogP contribution is -2.37. The highest BCUT2D eigenvalue weighted by Crippen LogP contribution is 2.34. The summed E-state index contributed by atoms with van der Waals surface area (Å²) in [6.07, 6.45) is 2.89. The molecule has 22 heavy (non-hydrogen) atoms. The van der Waals surface area contributed by atoms with Crippen LogP contribution in [0.3, 0.4) is 0 Å². The molecule has 0 saturated heterocycles. The van der Waals surface area contributed by atoms with Crippen molar-refractivity contribution in [3.05, 3.63) is 17.5 Å². The molecule has 1 unspecified atom stereocenters. The van der Waals surface area contributed by atoms with Gasteiger partial charge in [0.2, 0.25) is 0 Å². The molecule has 5 nitrogen and oxygen atoms in total. The van der Waals surface area contributed by atoms with Gasteiger partial charge in [0.25, 0.3) is 5.91 Å². The minimum absolute atomic E-state index is 0.0692. The van der Waals surface area contributed by atoms with E-state index in [-0.39, 0.29) is 24.1 Å². The maximum absolute atomic E-state index is 12.5. The van der Waals surface area contributed by atoms with E-state index in [9.17, 15) is 4.79 Å². The highest BCUT2D eigenvalue weighted by Gasteiger charge is 2.33. The molecule has 0 aliphatic heterocycles. The SMILES string of the molecule is CC(C)c1cc(C(=O)NC(CCO)C2CC2)nn1C(C)(C)C. The van der Waals surface area contributed by atoms with Crippen molar-refractivity contribution in [3.8, 4) is 0 Å². The number of aromatic nitrogens is 2. The number of carbonyl (C=O) groups is 1. The van der Waals surface area contributed by atoms with Crippen LogP contribution in [0.5, 0.6) is 0 Å². The van der Waals surface area contributed by atoms with E-state index in [0.29, 0.717) is 24.0 Å². The number of carbonyl (C=O) groups excluding carboxylic acids is 1. The Labute approximate surface area is 133 Å². The fourth-order valence-electron chi connectivity index (χ4n) is 2.76. The van der Waals surface area contributed by atoms with Crippen molar-refractivity contribution < 1.29 is 9.90 Å². The van der Waals surface area contributed by atoms with Gasteiger partial charge in [0, 0.05) is 18.3 Å². The zero-order chi connectivity index (χ0) is 16.5. The van der Waals surface area contributed by atoms with Crippen LogP contribution in [-0.2, 0) is 5.54 Å². The third kappa shape index (κ3) is 3.88. The molecule has 1 aromatic heterocycles. The highest BCUT2D eigenvalue weighted by molar-refractivity contribution is 5.92. The molecule has 2 N–H and O–H groups in total. The Morgan fingerprint density at radius 1 is 1.45 bits per heavy atom. The minimum atomic E-state index is -0.154. The summed E-state index contributed by atoms with van der Waals surface area (Å²) in [4.78, 5) is 12.5. The molecule has 5 heteroatoms. The van der Waals surface area contributed by atoms with Gasteiger partial charge in [-0.25, -0.2) is 0 Å². The fourth-order valence-corrected chi connectivity index (χ4v) is 2.76. The van der Waals surface area contributed by atoms with E-state index in [1.54, 1.807) is 0 Å². The molecular formula is C17H29N3O2. The third-order valence-corrected chi connectivity index (χ3v) is 4.14. The molecule has 1 saturated carbocycles. The summed E-state index contributed by atoms with van der Waals surface area (Å²) in [6.45, 7) is 10.6. The van der Waals surface area contributed by atoms with Gasteiger partial charge in [0.1, 0.15) is 5.69 Å². The quantitative estimate of drug-likeness (QED) is 0.849. The Hall–Kier alpha value is -1.36. The molecule has 0 bridgehead atoms. The van der Waals surface area contributed by atoms with E-state index in [2.05, 4.69) is 45.0 Å². The first-order valence-electron chi connectivity index (χ1n) is 8.26. The topological polar surface area (TPSA) is 67.2 Å². The van der Waals surface area contributed by atoms with Gasteiger partial charge >= 0.3 is 0 Å². The molecular weight excluding hydrogens is 278 g/mol. The fraction of sp³-hybridized carbons (Fsp3) is 0.765. The van der Waals surface area contributed by atoms with Crippen molar-refractivity contribution in [2.45, 2.75) is 71.4 Å². The van der Waals surface area contributed by atoms with Gasteiger partial charge < -0.3 is 10.4 Å². The molecule has 1 aliphatic rings. The highest BCUT2D eigenvalue weighted by atomic mass is 16.3. The average molecular weight is 307 g/mol. The number of nitrogens with one attached hydrogen (secondary N) is 1. The van der Waals surface area contributed by atoms with Crippen molar-refractivity contribution in [2.24, 2.45) is 5.92 Å². The van der Waals surface area contributed by atoms with Gasteiger partial charge in [0.15, 0.2) is 0 Å². The number of hydrogen-bond donors (Lipinski definition) is 2. The molecule has 1 atom stereocenters. The Morgan fingerprint density at radius 3 is 2.50 bits per heavy atom. The molecule has 1 aromatic rings. The van der Waals surface area contributed by atoms with Crippen molar-refractivity contribution in [1.82, 2.24) is 15.1 Å². The zero-order valence-corrected chi connectivity index (χ0v) is 14.4. The number of aliphatic hydroxyl groups excluding tert-OH is 1. The first kappa shape index (κ1) is 17.0. The summed E-state index contributed by atoms with van der Waals surface area (Å²) in [7, 11) is 0. The van der Waals surface area contributed by atoms with E-state index < -0.39 is 0 Å². The minimum Gasteiger partial charge on any atom is -0.396 e. The van der Waals surface area contributed by atoms with Crippen LogP contribution in [0.1, 0.15) is 76.0 Å². The molecule has 124 valence electrons. The Kier molecular flexibility index (Phi) is 4.95. The van der Waals surface area contributed by atoms with E-state index in [4.69, 9.17) is 5.11 Å². The monoisotopic (exact) mass is 307 g/mol. The standard InChI is InChI=1S/C17H29N3O2/c1-11(2)15-10-14(19-20(15)17(3,4)5)16(22)18-13(8-9-21)12-6-7-12/h10-13,21H,6-9H2,1-5H3,(H,18,22). The van der Waals surface area contributed by atoms with Crippen LogP contribution in [0.15, 0.2) is 6.07 Å². The summed E-state index contributed by atoms with van der Waals surface area (Å²) < 4.78 is 1.95. The number of nitrogens with zero attached hydrogens (tertiary/aromatic N) is 2. The summed E-state index contributed by atoms with van der Waals surface area (Å²) in [5.74, 6) is 0.700. The predicted octanol–water partition coefficient (Wildman–Crippen LogP) is 2.65. The van der Waals surface area contributed by atoms with Crippen molar-refractivity contribution in [1.29, 1.82) is 0 Å². The maximum Gasteiger partial charge on any atom is 0.272 e. The molecule has 0 aromatic carbocycles. The molecule has 1 aliphatic carbocycles. The number of aliphatic hydroxyl groups is 1. The van der Waals surface area contributed by atoms with E-state index in [1.807, 2.05) is 10.7 Å². The molecule has 1 fully saturated rings. The summed E-state index contributed by atoms with van der Waals surface area (Å²) >= 11 is 0. The van der Waals surface area contributed by atoms with E-state index in [0.717, 1.165) is 18.5 Å². The molecule has 0 spiro atoms. The van der Waals surface area contributed by atoms with Gasteiger partial charge in [-0.1, -0.05) is 13.8 Å². The van der Waals surface area contributed by atoms with Crippen LogP contribution >= 0.6 is 0 Å². The zero-order valence-electron chi connectivity index (χ0n) is 14.4. The van der Waals surface area contributed by atoms with Crippen LogP contribution in [-0.4, -0.2) is 33.4 Å². The third-order valence-electron chi connectivity index (χ3n) is 4.14. The number of hydrogen-bond acceptors (Lipinski definition) is 3. The Balaban J connectivity index is 2.19. The van der Waals surface area contributed by atoms with E-state index >= 15 is 0 Å². The second-order valence-corrected chi connectivity index (χ2v) is 7.62. The summed E-state index contributed by atoms with van der Waals surface area (Å²) in [6, 6.07) is 1.97. The van der Waals surface area contributed by atoms with Gasteiger partial charge in [-0.3, -0.25) is 9.48 Å². The second kappa shape index (κ2) is 6.41. The Bertz CT molecular complexity index is 524. The van der Waals surface area contributed by atoms with Crippen molar-refractivity contribution in [3.63, 3.8) is 0 Å². The largest absolute Gasteiger partial charge is 0.396 e. The summed E-state index contributed by atoms with van der Waals surface area (Å²) in [5, 5.41) is 16.7. The smallest absolute Gasteiger partial charge is 0.272 e. The van der Waals surface area contributed by atoms with Gasteiger partial charge in [-0.05, 0) is 57.9 Å². The Morgan fingerprint density at radius 2 is 2.09 bits per heavy atom. The second-order valence-electron chi connectivity index (χ2n) is 7.62. The predicted molar refractivity (Wildman–Crippen MR) is 87.0 cm³/mol. The lowest BCUT2D eigenvalue weighted by molar-refractivity contribution is 0.0917. The molecule has 1 heterocycles. The lowest BCUT2D eigenvalue weighted by atomic mass is 10.1. The van der Waals surface area contributed by atoms with Gasteiger partial charge in [-0.2, -0.15) is 5.10 Å².